The van der Waals surface area contributed by atoms with Gasteiger partial charge >= 0.3 is 0 Å². The third-order valence-corrected chi connectivity index (χ3v) is 14.3. The van der Waals surface area contributed by atoms with Crippen LogP contribution < -0.4 is 0 Å². The van der Waals surface area contributed by atoms with Crippen LogP contribution in [0.4, 0.5) is 0 Å². The van der Waals surface area contributed by atoms with Gasteiger partial charge in [0.2, 0.25) is 0 Å². The second-order valence-electron chi connectivity index (χ2n) is 17.1. The zero-order valence-corrected chi connectivity index (χ0v) is 33.5. The minimum absolute atomic E-state index is 0.360. The number of rotatable bonds is 6. The van der Waals surface area contributed by atoms with Crippen LogP contribution in [0.1, 0.15) is 47.2 Å². The zero-order valence-electron chi connectivity index (χ0n) is 33.5. The summed E-state index contributed by atoms with van der Waals surface area (Å²) in [5.74, 6) is 0. The van der Waals surface area contributed by atoms with Crippen LogP contribution in [0.5, 0.6) is 0 Å². The van der Waals surface area contributed by atoms with Gasteiger partial charge in [0.1, 0.15) is 0 Å². The molecule has 0 bridgehead atoms. The Balaban J connectivity index is 1.19. The topological polar surface area (TPSA) is 8.82 Å². The molecule has 60 heavy (non-hydrogen) atoms. The van der Waals surface area contributed by atoms with Crippen LogP contribution in [0, 0.1) is 0 Å². The third-order valence-electron chi connectivity index (χ3n) is 14.3. The Bertz CT molecular complexity index is 3430. The highest BCUT2D eigenvalue weighted by atomic mass is 14.9. The van der Waals surface area contributed by atoms with Gasteiger partial charge in [0, 0.05) is 53.9 Å². The largest absolute Gasteiger partial charge is 0.308 e. The molecule has 2 nitrogen and oxygen atoms in total. The van der Waals surface area contributed by atoms with Crippen molar-refractivity contribution in [2.24, 2.45) is 0 Å². The number of nitrogens with zero attached hydrogens (tertiary/aromatic N) is 2. The van der Waals surface area contributed by atoms with Crippen molar-refractivity contribution in [2.45, 2.75) is 24.7 Å². The first-order chi connectivity index (χ1) is 29.6. The Kier molecular flexibility index (Phi) is 6.74. The molecule has 4 heterocycles. The van der Waals surface area contributed by atoms with Crippen molar-refractivity contribution in [1.82, 2.24) is 8.80 Å². The predicted molar refractivity (Wildman–Crippen MR) is 253 cm³/mol. The second kappa shape index (κ2) is 12.1. The molecule has 0 fully saturated rings. The Hall–Kier alpha value is -7.42. The molecule has 4 aromatic heterocycles. The van der Waals surface area contributed by atoms with Gasteiger partial charge in [-0.15, -0.1) is 0 Å². The summed E-state index contributed by atoms with van der Waals surface area (Å²) in [6.07, 6.45) is 0. The molecule has 282 valence electrons. The van der Waals surface area contributed by atoms with Crippen LogP contribution in [0.25, 0.3) is 76.2 Å². The Morgan fingerprint density at radius 3 is 0.883 bits per heavy atom. The van der Waals surface area contributed by atoms with E-state index in [1.54, 1.807) is 0 Å². The Labute approximate surface area is 347 Å². The molecule has 0 unspecified atom stereocenters. The SMILES string of the molecule is CC(c1ccccc1)(c1ccccc1)c1ccc2c3c4c5ccccc5n5c6cc(C(C)(c7ccccc7)c7ccccc7)ccc6c(c6c7ccccc7n(c2c1)c63)c45. The summed E-state index contributed by atoms with van der Waals surface area (Å²) < 4.78 is 5.18. The van der Waals surface area contributed by atoms with Crippen LogP contribution in [0.2, 0.25) is 0 Å². The molecule has 0 spiro atoms. The van der Waals surface area contributed by atoms with Gasteiger partial charge in [-0.3, -0.25) is 0 Å². The van der Waals surface area contributed by atoms with Crippen molar-refractivity contribution in [3.8, 4) is 0 Å². The average Bonchev–Trinajstić information content (AvgIpc) is 4.05. The summed E-state index contributed by atoms with van der Waals surface area (Å²) in [5.41, 5.74) is 14.6. The van der Waals surface area contributed by atoms with Gasteiger partial charge in [0.25, 0.3) is 0 Å². The van der Waals surface area contributed by atoms with Crippen LogP contribution in [-0.2, 0) is 10.8 Å². The maximum absolute atomic E-state index is 2.59. The van der Waals surface area contributed by atoms with E-state index >= 15 is 0 Å². The number of hydrogen-bond donors (Lipinski definition) is 0. The molecule has 0 aliphatic carbocycles. The van der Waals surface area contributed by atoms with Gasteiger partial charge in [0.15, 0.2) is 0 Å². The van der Waals surface area contributed by atoms with Gasteiger partial charge in [-0.25, -0.2) is 0 Å². The minimum atomic E-state index is -0.360. The fourth-order valence-corrected chi connectivity index (χ4v) is 11.3. The van der Waals surface area contributed by atoms with E-state index in [1.165, 1.54) is 110 Å². The van der Waals surface area contributed by atoms with Crippen molar-refractivity contribution in [3.63, 3.8) is 0 Å². The fourth-order valence-electron chi connectivity index (χ4n) is 11.3. The van der Waals surface area contributed by atoms with Crippen molar-refractivity contribution < 1.29 is 0 Å². The highest BCUT2D eigenvalue weighted by Gasteiger charge is 2.35. The molecule has 0 atom stereocenters. The van der Waals surface area contributed by atoms with E-state index in [0.717, 1.165) is 0 Å². The molecule has 0 radical (unpaired) electrons. The molecule has 0 saturated carbocycles. The first-order valence-corrected chi connectivity index (χ1v) is 21.1. The third kappa shape index (κ3) is 4.17. The number of fused-ring (bicyclic) bond motifs is 14. The molecule has 0 saturated heterocycles. The van der Waals surface area contributed by atoms with E-state index in [-0.39, 0.29) is 10.8 Å². The van der Waals surface area contributed by atoms with Gasteiger partial charge < -0.3 is 8.80 Å². The highest BCUT2D eigenvalue weighted by molar-refractivity contribution is 6.45. The molecule has 0 aliphatic heterocycles. The van der Waals surface area contributed by atoms with Crippen molar-refractivity contribution >= 4 is 76.2 Å². The smallest absolute Gasteiger partial charge is 0.0634 e. The molecule has 2 heteroatoms. The normalized spacial score (nSPS) is 12.8. The Morgan fingerprint density at radius 2 is 0.550 bits per heavy atom. The zero-order chi connectivity index (χ0) is 39.7. The molecule has 13 aromatic rings. The molecule has 13 rings (SSSR count). The fraction of sp³-hybridized carbons (Fsp3) is 0.0690. The van der Waals surface area contributed by atoms with E-state index in [2.05, 4.69) is 229 Å². The van der Waals surface area contributed by atoms with Crippen molar-refractivity contribution in [1.29, 1.82) is 0 Å². The highest BCUT2D eigenvalue weighted by Crippen LogP contribution is 2.53. The number of para-hydroxylation sites is 2. The summed E-state index contributed by atoms with van der Waals surface area (Å²) in [5, 5.41) is 10.5. The van der Waals surface area contributed by atoms with Gasteiger partial charge in [-0.1, -0.05) is 182 Å². The quantitative estimate of drug-likeness (QED) is 0.149. The standard InChI is InChI=1S/C58H40N2/c1-57(37-19-7-3-8-20-37,38-21-9-4-10-22-38)41-31-33-45-49(35-41)59-47-29-17-15-27-43(47)52-54-46-34-32-42(58(2,39-23-11-5-12-24-39)40-25-13-6-14-26-40)36-50(46)60-48-30-18-16-28-44(48)51(56(54)60)53(45)55(52)59/h3-36H,1-2H3. The molecule has 9 aromatic carbocycles. The number of aromatic nitrogens is 2. The van der Waals surface area contributed by atoms with Crippen LogP contribution in [0.15, 0.2) is 206 Å². The lowest BCUT2D eigenvalue weighted by Gasteiger charge is -2.32. The number of hydrogen-bond acceptors (Lipinski definition) is 0. The summed E-state index contributed by atoms with van der Waals surface area (Å²) in [4.78, 5) is 0. The molecular formula is C58H40N2. The maximum Gasteiger partial charge on any atom is 0.0634 e. The first-order valence-electron chi connectivity index (χ1n) is 21.1. The van der Waals surface area contributed by atoms with Crippen molar-refractivity contribution in [2.75, 3.05) is 0 Å². The second-order valence-corrected chi connectivity index (χ2v) is 17.1. The lowest BCUT2D eigenvalue weighted by atomic mass is 9.71. The minimum Gasteiger partial charge on any atom is -0.308 e. The van der Waals surface area contributed by atoms with E-state index in [4.69, 9.17) is 0 Å². The van der Waals surface area contributed by atoms with Crippen molar-refractivity contribution in [3.05, 3.63) is 240 Å². The molecule has 0 N–H and O–H groups in total. The monoisotopic (exact) mass is 764 g/mol. The van der Waals surface area contributed by atoms with E-state index in [9.17, 15) is 0 Å². The van der Waals surface area contributed by atoms with Gasteiger partial charge in [-0.2, -0.15) is 0 Å². The van der Waals surface area contributed by atoms with Gasteiger partial charge in [0.05, 0.1) is 33.1 Å². The predicted octanol–water partition coefficient (Wildman–Crippen LogP) is 14.7. The number of benzene rings is 9. The molecular weight excluding hydrogens is 725 g/mol. The van der Waals surface area contributed by atoms with E-state index < -0.39 is 0 Å². The molecule has 0 aliphatic rings. The molecule has 0 amide bonds. The summed E-state index contributed by atoms with van der Waals surface area (Å²) in [7, 11) is 0. The summed E-state index contributed by atoms with van der Waals surface area (Å²) >= 11 is 0. The Morgan fingerprint density at radius 1 is 0.267 bits per heavy atom. The van der Waals surface area contributed by atoms with Gasteiger partial charge in [-0.05, 0) is 71.5 Å². The van der Waals surface area contributed by atoms with Crippen LogP contribution in [0.3, 0.4) is 0 Å². The maximum atomic E-state index is 2.59. The summed E-state index contributed by atoms with van der Waals surface area (Å²) in [6, 6.07) is 76.8. The summed E-state index contributed by atoms with van der Waals surface area (Å²) in [6.45, 7) is 4.78. The van der Waals surface area contributed by atoms with E-state index in [1.807, 2.05) is 0 Å². The van der Waals surface area contributed by atoms with Crippen LogP contribution in [-0.4, -0.2) is 8.80 Å². The van der Waals surface area contributed by atoms with Crippen LogP contribution >= 0.6 is 0 Å². The lowest BCUT2D eigenvalue weighted by Crippen LogP contribution is -2.25. The lowest BCUT2D eigenvalue weighted by molar-refractivity contribution is 0.693. The first kappa shape index (κ1) is 33.5. The van der Waals surface area contributed by atoms with E-state index in [0.29, 0.717) is 0 Å². The average molecular weight is 765 g/mol.